The van der Waals surface area contributed by atoms with Gasteiger partial charge in [-0.1, -0.05) is 52.8 Å². The topological polar surface area (TPSA) is 67.2 Å². The van der Waals surface area contributed by atoms with Crippen molar-refractivity contribution in [3.63, 3.8) is 0 Å². The zero-order valence-electron chi connectivity index (χ0n) is 22.6. The lowest BCUT2D eigenvalue weighted by molar-refractivity contribution is -0.123. The SMILES string of the molecule is CC(C)C(C)NC(=O)CN1C(=O)CSC(c2ccccc2F)c2c(C(C)(C)C)nn(-c3ccc(F)cc3)c21. The van der Waals surface area contributed by atoms with Crippen LogP contribution in [-0.2, 0) is 15.0 Å². The van der Waals surface area contributed by atoms with E-state index in [0.29, 0.717) is 28.3 Å². The molecule has 6 nitrogen and oxygen atoms in total. The summed E-state index contributed by atoms with van der Waals surface area (Å²) in [5.74, 6) is -0.708. The molecule has 0 spiro atoms. The minimum absolute atomic E-state index is 0.0493. The second kappa shape index (κ2) is 10.9. The maximum absolute atomic E-state index is 15.2. The second-order valence-corrected chi connectivity index (χ2v) is 12.1. The van der Waals surface area contributed by atoms with E-state index in [2.05, 4.69) is 5.32 Å². The number of aromatic nitrogens is 2. The normalized spacial score (nSPS) is 16.8. The van der Waals surface area contributed by atoms with Gasteiger partial charge in [-0.2, -0.15) is 5.10 Å². The highest BCUT2D eigenvalue weighted by Gasteiger charge is 2.40. The van der Waals surface area contributed by atoms with Gasteiger partial charge in [-0.3, -0.25) is 14.5 Å². The summed E-state index contributed by atoms with van der Waals surface area (Å²) in [5.41, 5.74) is 1.84. The fraction of sp³-hybridized carbons (Fsp3) is 0.414. The molecule has 4 rings (SSSR count). The number of carbonyl (C=O) groups is 2. The molecule has 0 fully saturated rings. The van der Waals surface area contributed by atoms with E-state index in [0.717, 1.165) is 0 Å². The molecule has 1 N–H and O–H groups in total. The third-order valence-electron chi connectivity index (χ3n) is 6.75. The van der Waals surface area contributed by atoms with Gasteiger partial charge in [0.25, 0.3) is 0 Å². The third-order valence-corrected chi connectivity index (χ3v) is 7.99. The van der Waals surface area contributed by atoms with Crippen molar-refractivity contribution >= 4 is 29.4 Å². The predicted molar refractivity (Wildman–Crippen MR) is 148 cm³/mol. The summed E-state index contributed by atoms with van der Waals surface area (Å²) < 4.78 is 30.6. The van der Waals surface area contributed by atoms with E-state index in [9.17, 15) is 14.0 Å². The molecule has 2 atom stereocenters. The molecule has 2 heterocycles. The quantitative estimate of drug-likeness (QED) is 0.431. The van der Waals surface area contributed by atoms with Crippen LogP contribution in [0.15, 0.2) is 48.5 Å². The van der Waals surface area contributed by atoms with Gasteiger partial charge in [0, 0.05) is 22.6 Å². The largest absolute Gasteiger partial charge is 0.352 e. The van der Waals surface area contributed by atoms with Crippen molar-refractivity contribution < 1.29 is 18.4 Å². The van der Waals surface area contributed by atoms with Crippen molar-refractivity contribution in [2.24, 2.45) is 5.92 Å². The first-order valence-corrected chi connectivity index (χ1v) is 13.8. The van der Waals surface area contributed by atoms with E-state index < -0.39 is 16.5 Å². The Balaban J connectivity index is 1.97. The molecule has 0 saturated heterocycles. The van der Waals surface area contributed by atoms with Crippen LogP contribution in [0.1, 0.15) is 63.6 Å². The summed E-state index contributed by atoms with van der Waals surface area (Å²) in [6, 6.07) is 12.2. The van der Waals surface area contributed by atoms with E-state index >= 15 is 4.39 Å². The number of hydrogen-bond donors (Lipinski definition) is 1. The first kappa shape index (κ1) is 27.8. The van der Waals surface area contributed by atoms with Crippen molar-refractivity contribution in [1.29, 1.82) is 0 Å². The standard InChI is InChI=1S/C29H34F2N4O2S/c1-17(2)18(3)32-23(36)15-34-24(37)16-38-26(21-9-7-8-10-22(21)31)25-27(29(4,5)6)33-35(28(25)34)20-13-11-19(30)12-14-20/h7-14,17-18,26H,15-16H2,1-6H3,(H,32,36). The van der Waals surface area contributed by atoms with E-state index in [1.807, 2.05) is 41.5 Å². The van der Waals surface area contributed by atoms with Crippen LogP contribution in [0.25, 0.3) is 5.69 Å². The van der Waals surface area contributed by atoms with Crippen molar-refractivity contribution in [2.75, 3.05) is 17.2 Å². The van der Waals surface area contributed by atoms with Crippen molar-refractivity contribution in [3.8, 4) is 5.69 Å². The first-order valence-electron chi connectivity index (χ1n) is 12.7. The van der Waals surface area contributed by atoms with Crippen LogP contribution in [0.5, 0.6) is 0 Å². The smallest absolute Gasteiger partial charge is 0.240 e. The Hall–Kier alpha value is -3.20. The summed E-state index contributed by atoms with van der Waals surface area (Å²) in [6.07, 6.45) is 0. The number of rotatable bonds is 6. The molecule has 1 aromatic heterocycles. The lowest BCUT2D eigenvalue weighted by Gasteiger charge is -2.25. The second-order valence-electron chi connectivity index (χ2n) is 11.0. The minimum Gasteiger partial charge on any atom is -0.352 e. The van der Waals surface area contributed by atoms with E-state index in [-0.39, 0.29) is 41.9 Å². The maximum atomic E-state index is 15.2. The van der Waals surface area contributed by atoms with E-state index in [1.165, 1.54) is 34.9 Å². The summed E-state index contributed by atoms with van der Waals surface area (Å²) in [4.78, 5) is 28.2. The van der Waals surface area contributed by atoms with E-state index in [1.54, 1.807) is 35.0 Å². The lowest BCUT2D eigenvalue weighted by atomic mass is 9.87. The highest BCUT2D eigenvalue weighted by Crippen LogP contribution is 2.48. The Morgan fingerprint density at radius 3 is 2.37 bits per heavy atom. The number of nitrogens with one attached hydrogen (secondary N) is 1. The van der Waals surface area contributed by atoms with Gasteiger partial charge >= 0.3 is 0 Å². The monoisotopic (exact) mass is 540 g/mol. The van der Waals surface area contributed by atoms with Gasteiger partial charge in [0.1, 0.15) is 24.0 Å². The first-order chi connectivity index (χ1) is 17.9. The molecular weight excluding hydrogens is 506 g/mol. The Morgan fingerprint density at radius 1 is 1.11 bits per heavy atom. The molecule has 0 aliphatic carbocycles. The molecule has 0 radical (unpaired) electrons. The van der Waals surface area contributed by atoms with Gasteiger partial charge in [0.15, 0.2) is 0 Å². The fourth-order valence-electron chi connectivity index (χ4n) is 4.38. The number of halogens is 2. The minimum atomic E-state index is -0.541. The third kappa shape index (κ3) is 5.62. The lowest BCUT2D eigenvalue weighted by Crippen LogP contribution is -2.46. The summed E-state index contributed by atoms with van der Waals surface area (Å²) in [6.45, 7) is 11.7. The molecule has 2 amide bonds. The number of carbonyl (C=O) groups excluding carboxylic acids is 2. The molecule has 2 aromatic carbocycles. The Kier molecular flexibility index (Phi) is 7.97. The maximum Gasteiger partial charge on any atom is 0.240 e. The number of hydrogen-bond acceptors (Lipinski definition) is 4. The highest BCUT2D eigenvalue weighted by molar-refractivity contribution is 8.00. The fourth-order valence-corrected chi connectivity index (χ4v) is 5.60. The molecule has 1 aliphatic rings. The molecule has 0 saturated carbocycles. The zero-order chi connectivity index (χ0) is 27.8. The van der Waals surface area contributed by atoms with E-state index in [4.69, 9.17) is 5.10 Å². The molecule has 3 aromatic rings. The summed E-state index contributed by atoms with van der Waals surface area (Å²) >= 11 is 1.32. The van der Waals surface area contributed by atoms with Crippen molar-refractivity contribution in [2.45, 2.75) is 58.2 Å². The highest BCUT2D eigenvalue weighted by atomic mass is 32.2. The molecule has 9 heteroatoms. The number of nitrogens with zero attached hydrogens (tertiary/aromatic N) is 3. The van der Waals surface area contributed by atoms with Crippen LogP contribution in [0.3, 0.4) is 0 Å². The average molecular weight is 541 g/mol. The van der Waals surface area contributed by atoms with Gasteiger partial charge in [-0.25, -0.2) is 13.5 Å². The number of benzene rings is 2. The Labute approximate surface area is 226 Å². The molecular formula is C29H34F2N4O2S. The van der Waals surface area contributed by atoms with Crippen LogP contribution in [-0.4, -0.2) is 39.9 Å². The van der Waals surface area contributed by atoms with Crippen LogP contribution in [0, 0.1) is 17.6 Å². The predicted octanol–water partition coefficient (Wildman–Crippen LogP) is 5.78. The molecule has 2 unspecified atom stereocenters. The molecule has 0 bridgehead atoms. The molecule has 38 heavy (non-hydrogen) atoms. The van der Waals surface area contributed by atoms with Gasteiger partial charge < -0.3 is 5.32 Å². The zero-order valence-corrected chi connectivity index (χ0v) is 23.4. The summed E-state index contributed by atoms with van der Waals surface area (Å²) in [7, 11) is 0. The summed E-state index contributed by atoms with van der Waals surface area (Å²) in [5, 5.41) is 7.36. The van der Waals surface area contributed by atoms with Crippen LogP contribution in [0.2, 0.25) is 0 Å². The number of thioether (sulfide) groups is 1. The average Bonchev–Trinajstić information content (AvgIpc) is 3.18. The number of anilines is 1. The van der Waals surface area contributed by atoms with Gasteiger partial charge in [-0.15, -0.1) is 11.8 Å². The van der Waals surface area contributed by atoms with Crippen LogP contribution in [0.4, 0.5) is 14.6 Å². The van der Waals surface area contributed by atoms with Gasteiger partial charge in [0.05, 0.1) is 22.4 Å². The van der Waals surface area contributed by atoms with Gasteiger partial charge in [0.2, 0.25) is 11.8 Å². The molecule has 202 valence electrons. The van der Waals surface area contributed by atoms with Crippen LogP contribution < -0.4 is 10.2 Å². The molecule has 1 aliphatic heterocycles. The Bertz CT molecular complexity index is 1330. The number of fused-ring (bicyclic) bond motifs is 1. The number of amides is 2. The van der Waals surface area contributed by atoms with Gasteiger partial charge in [-0.05, 0) is 43.2 Å². The van der Waals surface area contributed by atoms with Crippen LogP contribution >= 0.6 is 11.8 Å². The van der Waals surface area contributed by atoms with Crippen molar-refractivity contribution in [1.82, 2.24) is 15.1 Å². The van der Waals surface area contributed by atoms with Crippen molar-refractivity contribution in [3.05, 3.63) is 77.0 Å². The Morgan fingerprint density at radius 2 is 1.76 bits per heavy atom.